The van der Waals surface area contributed by atoms with Gasteiger partial charge in [0.15, 0.2) is 0 Å². The minimum Gasteiger partial charge on any atom is -0.394 e. The Bertz CT molecular complexity index is 393. The Hall–Kier alpha value is -0.970. The van der Waals surface area contributed by atoms with E-state index in [1.165, 1.54) is 12.1 Å². The molecule has 0 saturated carbocycles. The number of rotatable bonds is 5. The van der Waals surface area contributed by atoms with E-state index in [-0.39, 0.29) is 24.5 Å². The van der Waals surface area contributed by atoms with E-state index in [1.807, 2.05) is 38.8 Å². The number of aliphatic hydroxyl groups is 1. The highest BCUT2D eigenvalue weighted by atomic mass is 19.1. The Morgan fingerprint density at radius 1 is 1.44 bits per heavy atom. The van der Waals surface area contributed by atoms with Crippen LogP contribution >= 0.6 is 0 Å². The minimum absolute atomic E-state index is 0.0159. The van der Waals surface area contributed by atoms with Crippen LogP contribution in [0.3, 0.4) is 0 Å². The van der Waals surface area contributed by atoms with Gasteiger partial charge in [0.2, 0.25) is 0 Å². The van der Waals surface area contributed by atoms with Crippen molar-refractivity contribution >= 4 is 0 Å². The fourth-order valence-electron chi connectivity index (χ4n) is 2.06. The Morgan fingerprint density at radius 2 is 2.06 bits per heavy atom. The van der Waals surface area contributed by atoms with E-state index in [9.17, 15) is 9.50 Å². The first-order valence-electron chi connectivity index (χ1n) is 6.14. The van der Waals surface area contributed by atoms with Gasteiger partial charge in [-0.15, -0.1) is 0 Å². The highest BCUT2D eigenvalue weighted by molar-refractivity contribution is 5.22. The summed E-state index contributed by atoms with van der Waals surface area (Å²) < 4.78 is 13.3. The molecule has 0 amide bonds. The van der Waals surface area contributed by atoms with Crippen LogP contribution in [0.15, 0.2) is 24.3 Å². The van der Waals surface area contributed by atoms with Crippen LogP contribution < -0.4 is 5.73 Å². The van der Waals surface area contributed by atoms with Crippen LogP contribution in [0.5, 0.6) is 0 Å². The lowest BCUT2D eigenvalue weighted by Crippen LogP contribution is -2.50. The zero-order valence-corrected chi connectivity index (χ0v) is 11.5. The van der Waals surface area contributed by atoms with Crippen LogP contribution in [-0.4, -0.2) is 35.2 Å². The predicted octanol–water partition coefficient (Wildman–Crippen LogP) is 1.92. The molecule has 0 aromatic heterocycles. The summed E-state index contributed by atoms with van der Waals surface area (Å²) in [5.41, 5.74) is 6.44. The zero-order chi connectivity index (χ0) is 13.9. The van der Waals surface area contributed by atoms with Crippen LogP contribution in [0.2, 0.25) is 0 Å². The molecule has 0 fully saturated rings. The van der Waals surface area contributed by atoms with E-state index < -0.39 is 5.54 Å². The lowest BCUT2D eigenvalue weighted by molar-refractivity contribution is 0.0369. The number of aliphatic hydroxyl groups excluding tert-OH is 1. The second-order valence-electron chi connectivity index (χ2n) is 5.44. The molecule has 0 radical (unpaired) electrons. The van der Waals surface area contributed by atoms with Crippen molar-refractivity contribution in [2.24, 2.45) is 5.73 Å². The summed E-state index contributed by atoms with van der Waals surface area (Å²) in [5.74, 6) is -0.270. The Balaban J connectivity index is 3.11. The molecular formula is C14H23FN2O. The largest absolute Gasteiger partial charge is 0.394 e. The third kappa shape index (κ3) is 3.28. The molecule has 3 nitrogen and oxygen atoms in total. The van der Waals surface area contributed by atoms with Gasteiger partial charge in [0.1, 0.15) is 5.82 Å². The number of nitrogens with two attached hydrogens (primary N) is 1. The fourth-order valence-corrected chi connectivity index (χ4v) is 2.06. The van der Waals surface area contributed by atoms with Crippen molar-refractivity contribution in [3.05, 3.63) is 35.6 Å². The smallest absolute Gasteiger partial charge is 0.123 e. The van der Waals surface area contributed by atoms with Gasteiger partial charge in [0.25, 0.3) is 0 Å². The maximum absolute atomic E-state index is 13.3. The summed E-state index contributed by atoms with van der Waals surface area (Å²) in [6.07, 6.45) is 0. The van der Waals surface area contributed by atoms with Crippen molar-refractivity contribution in [1.82, 2.24) is 4.90 Å². The Morgan fingerprint density at radius 3 is 2.50 bits per heavy atom. The van der Waals surface area contributed by atoms with E-state index in [4.69, 9.17) is 5.73 Å². The summed E-state index contributed by atoms with van der Waals surface area (Å²) in [5, 5.41) is 9.44. The van der Waals surface area contributed by atoms with Gasteiger partial charge in [-0.2, -0.15) is 0 Å². The molecule has 0 aliphatic heterocycles. The topological polar surface area (TPSA) is 49.5 Å². The number of hydrogen-bond acceptors (Lipinski definition) is 3. The van der Waals surface area contributed by atoms with Gasteiger partial charge in [0, 0.05) is 11.6 Å². The zero-order valence-electron chi connectivity index (χ0n) is 11.5. The maximum atomic E-state index is 13.3. The average molecular weight is 254 g/mol. The number of nitrogens with zero attached hydrogens (tertiary/aromatic N) is 1. The highest BCUT2D eigenvalue weighted by Crippen LogP contribution is 2.28. The van der Waals surface area contributed by atoms with E-state index in [0.717, 1.165) is 5.56 Å². The first-order valence-corrected chi connectivity index (χ1v) is 6.14. The lowest BCUT2D eigenvalue weighted by atomic mass is 9.94. The summed E-state index contributed by atoms with van der Waals surface area (Å²) in [7, 11) is 1.90. The lowest BCUT2D eigenvalue weighted by Gasteiger charge is -2.42. The molecule has 2 unspecified atom stereocenters. The monoisotopic (exact) mass is 254 g/mol. The molecule has 0 aliphatic carbocycles. The predicted molar refractivity (Wildman–Crippen MR) is 71.7 cm³/mol. The van der Waals surface area contributed by atoms with Crippen molar-refractivity contribution in [2.45, 2.75) is 38.4 Å². The molecule has 1 rings (SSSR count). The summed E-state index contributed by atoms with van der Waals surface area (Å²) in [6, 6.07) is 6.16. The fraction of sp³-hybridized carbons (Fsp3) is 0.571. The van der Waals surface area contributed by atoms with Gasteiger partial charge in [-0.05, 0) is 45.5 Å². The maximum Gasteiger partial charge on any atom is 0.123 e. The molecule has 3 N–H and O–H groups in total. The van der Waals surface area contributed by atoms with E-state index in [2.05, 4.69) is 0 Å². The van der Waals surface area contributed by atoms with Gasteiger partial charge in [0.05, 0.1) is 12.6 Å². The SMILES string of the molecule is CC(N)C(c1cccc(F)c1)N(C)C(C)(C)CO. The van der Waals surface area contributed by atoms with E-state index in [0.29, 0.717) is 0 Å². The van der Waals surface area contributed by atoms with E-state index >= 15 is 0 Å². The van der Waals surface area contributed by atoms with Gasteiger partial charge in [-0.3, -0.25) is 4.90 Å². The van der Waals surface area contributed by atoms with Crippen molar-refractivity contribution in [1.29, 1.82) is 0 Å². The molecule has 4 heteroatoms. The van der Waals surface area contributed by atoms with E-state index in [1.54, 1.807) is 6.07 Å². The molecule has 18 heavy (non-hydrogen) atoms. The van der Waals surface area contributed by atoms with Crippen molar-refractivity contribution in [3.63, 3.8) is 0 Å². The number of benzene rings is 1. The van der Waals surface area contributed by atoms with Crippen molar-refractivity contribution in [3.8, 4) is 0 Å². The number of halogens is 1. The third-order valence-corrected chi connectivity index (χ3v) is 3.45. The third-order valence-electron chi connectivity index (χ3n) is 3.45. The van der Waals surface area contributed by atoms with Gasteiger partial charge < -0.3 is 10.8 Å². The molecule has 1 aromatic carbocycles. The van der Waals surface area contributed by atoms with Crippen LogP contribution in [0.1, 0.15) is 32.4 Å². The molecular weight excluding hydrogens is 231 g/mol. The number of likely N-dealkylation sites (N-methyl/N-ethyl adjacent to an activating group) is 1. The molecule has 0 aliphatic rings. The normalized spacial score (nSPS) is 15.8. The van der Waals surface area contributed by atoms with Crippen LogP contribution in [0.25, 0.3) is 0 Å². The molecule has 0 bridgehead atoms. The molecule has 2 atom stereocenters. The molecule has 0 spiro atoms. The highest BCUT2D eigenvalue weighted by Gasteiger charge is 2.32. The van der Waals surface area contributed by atoms with Gasteiger partial charge in [-0.25, -0.2) is 4.39 Å². The second-order valence-corrected chi connectivity index (χ2v) is 5.44. The molecule has 0 heterocycles. The summed E-state index contributed by atoms with van der Waals surface area (Å²) >= 11 is 0. The first kappa shape index (κ1) is 15.1. The summed E-state index contributed by atoms with van der Waals surface area (Å²) in [6.45, 7) is 5.77. The van der Waals surface area contributed by atoms with Crippen molar-refractivity contribution in [2.75, 3.05) is 13.7 Å². The van der Waals surface area contributed by atoms with Gasteiger partial charge >= 0.3 is 0 Å². The number of hydrogen-bond donors (Lipinski definition) is 2. The molecule has 102 valence electrons. The standard InChI is InChI=1S/C14H23FN2O/c1-10(16)13(17(4)14(2,3)9-18)11-6-5-7-12(15)8-11/h5-8,10,13,18H,9,16H2,1-4H3. The Kier molecular flexibility index (Phi) is 4.85. The van der Waals surface area contributed by atoms with Gasteiger partial charge in [-0.1, -0.05) is 12.1 Å². The Labute approximate surface area is 108 Å². The quantitative estimate of drug-likeness (QED) is 0.844. The van der Waals surface area contributed by atoms with Crippen LogP contribution in [-0.2, 0) is 0 Å². The molecule has 0 saturated heterocycles. The molecule has 1 aromatic rings. The summed E-state index contributed by atoms with van der Waals surface area (Å²) in [4.78, 5) is 1.99. The second kappa shape index (κ2) is 5.78. The van der Waals surface area contributed by atoms with Crippen LogP contribution in [0.4, 0.5) is 4.39 Å². The average Bonchev–Trinajstić information content (AvgIpc) is 2.28. The minimum atomic E-state index is -0.412. The van der Waals surface area contributed by atoms with Crippen LogP contribution in [0, 0.1) is 5.82 Å². The first-order chi connectivity index (χ1) is 8.29. The van der Waals surface area contributed by atoms with Crippen molar-refractivity contribution < 1.29 is 9.50 Å².